The fraction of sp³-hybridized carbons (Fsp3) is 0.917. The van der Waals surface area contributed by atoms with Gasteiger partial charge < -0.3 is 4.90 Å². The molecule has 0 aromatic heterocycles. The monoisotopic (exact) mass is 268 g/mol. The number of alkyl halides is 3. The molecular formula is C12H23F3N2O. The molecule has 108 valence electrons. The van der Waals surface area contributed by atoms with E-state index in [2.05, 4.69) is 0 Å². The normalized spacial score (nSPS) is 17.8. The van der Waals surface area contributed by atoms with Crippen LogP contribution in [0, 0.1) is 5.92 Å². The zero-order valence-electron chi connectivity index (χ0n) is 11.5. The first-order valence-corrected chi connectivity index (χ1v) is 6.35. The number of halogens is 3. The van der Waals surface area contributed by atoms with Gasteiger partial charge in [-0.3, -0.25) is 9.69 Å². The fourth-order valence-corrected chi connectivity index (χ4v) is 1.81. The van der Waals surface area contributed by atoms with Gasteiger partial charge in [-0.15, -0.1) is 0 Å². The van der Waals surface area contributed by atoms with Crippen LogP contribution in [0.3, 0.4) is 0 Å². The zero-order chi connectivity index (χ0) is 14.3. The molecule has 0 aliphatic carbocycles. The molecule has 1 heterocycles. The van der Waals surface area contributed by atoms with Gasteiger partial charge in [0.15, 0.2) is 0 Å². The topological polar surface area (TPSA) is 23.6 Å². The molecule has 18 heavy (non-hydrogen) atoms. The summed E-state index contributed by atoms with van der Waals surface area (Å²) >= 11 is 0. The van der Waals surface area contributed by atoms with E-state index in [0.29, 0.717) is 12.5 Å². The predicted octanol–water partition coefficient (Wildman–Crippen LogP) is 2.38. The number of piperazine rings is 1. The maximum atomic E-state index is 12.1. The van der Waals surface area contributed by atoms with Crippen molar-refractivity contribution in [3.05, 3.63) is 0 Å². The van der Waals surface area contributed by atoms with Gasteiger partial charge in [-0.1, -0.05) is 27.7 Å². The zero-order valence-corrected chi connectivity index (χ0v) is 11.5. The number of carbonyl (C=O) groups is 1. The maximum absolute atomic E-state index is 12.1. The lowest BCUT2D eigenvalue weighted by atomic mass is 10.2. The van der Waals surface area contributed by atoms with E-state index >= 15 is 0 Å². The number of amides is 1. The van der Waals surface area contributed by atoms with Crippen molar-refractivity contribution in [1.82, 2.24) is 9.80 Å². The fourth-order valence-electron chi connectivity index (χ4n) is 1.81. The van der Waals surface area contributed by atoms with Crippen molar-refractivity contribution >= 4 is 5.91 Å². The standard InChI is InChI=1S/C10H17F3N2O.C2H6/c1-8(2)5-14-3-4-15(9(16)6-14)7-10(11,12)13;1-2/h8H,3-7H2,1-2H3;1-2H3. The second-order valence-corrected chi connectivity index (χ2v) is 4.56. The van der Waals surface area contributed by atoms with E-state index in [4.69, 9.17) is 0 Å². The van der Waals surface area contributed by atoms with Crippen LogP contribution < -0.4 is 0 Å². The van der Waals surface area contributed by atoms with Crippen LogP contribution >= 0.6 is 0 Å². The predicted molar refractivity (Wildman–Crippen MR) is 65.3 cm³/mol. The first-order chi connectivity index (χ1) is 8.28. The molecule has 1 aliphatic heterocycles. The molecule has 0 unspecified atom stereocenters. The highest BCUT2D eigenvalue weighted by Crippen LogP contribution is 2.18. The molecule has 0 saturated carbocycles. The van der Waals surface area contributed by atoms with Crippen LogP contribution in [0.25, 0.3) is 0 Å². The summed E-state index contributed by atoms with van der Waals surface area (Å²) in [5.74, 6) is -0.00816. The van der Waals surface area contributed by atoms with Crippen LogP contribution in [0.15, 0.2) is 0 Å². The van der Waals surface area contributed by atoms with E-state index in [0.717, 1.165) is 11.4 Å². The molecule has 0 atom stereocenters. The molecule has 1 fully saturated rings. The summed E-state index contributed by atoms with van der Waals surface area (Å²) in [5, 5.41) is 0. The Morgan fingerprint density at radius 1 is 1.22 bits per heavy atom. The molecule has 1 aliphatic rings. The van der Waals surface area contributed by atoms with Crippen LogP contribution in [0.1, 0.15) is 27.7 Å². The van der Waals surface area contributed by atoms with Crippen molar-refractivity contribution in [3.8, 4) is 0 Å². The molecule has 0 aromatic carbocycles. The van der Waals surface area contributed by atoms with Gasteiger partial charge in [0.1, 0.15) is 6.54 Å². The van der Waals surface area contributed by atoms with Crippen LogP contribution in [-0.4, -0.2) is 54.6 Å². The van der Waals surface area contributed by atoms with Gasteiger partial charge in [-0.25, -0.2) is 0 Å². The molecule has 0 radical (unpaired) electrons. The lowest BCUT2D eigenvalue weighted by Gasteiger charge is -2.35. The van der Waals surface area contributed by atoms with Crippen molar-refractivity contribution in [1.29, 1.82) is 0 Å². The van der Waals surface area contributed by atoms with Gasteiger partial charge >= 0.3 is 6.18 Å². The van der Waals surface area contributed by atoms with Gasteiger partial charge in [0.05, 0.1) is 6.54 Å². The molecule has 1 amide bonds. The molecule has 0 aromatic rings. The minimum Gasteiger partial charge on any atom is -0.331 e. The van der Waals surface area contributed by atoms with E-state index in [1.54, 1.807) is 0 Å². The Labute approximate surface area is 107 Å². The minimum absolute atomic E-state index is 0.105. The summed E-state index contributed by atoms with van der Waals surface area (Å²) < 4.78 is 36.3. The second-order valence-electron chi connectivity index (χ2n) is 4.56. The van der Waals surface area contributed by atoms with Crippen LogP contribution in [-0.2, 0) is 4.79 Å². The summed E-state index contributed by atoms with van der Waals surface area (Å²) in [5.41, 5.74) is 0. The summed E-state index contributed by atoms with van der Waals surface area (Å²) in [6, 6.07) is 0. The summed E-state index contributed by atoms with van der Waals surface area (Å²) in [6.07, 6.45) is -4.30. The average Bonchev–Trinajstić information content (AvgIpc) is 2.22. The van der Waals surface area contributed by atoms with Gasteiger partial charge in [0, 0.05) is 19.6 Å². The van der Waals surface area contributed by atoms with Gasteiger partial charge in [-0.2, -0.15) is 13.2 Å². The van der Waals surface area contributed by atoms with E-state index in [9.17, 15) is 18.0 Å². The van der Waals surface area contributed by atoms with Crippen molar-refractivity contribution in [2.45, 2.75) is 33.9 Å². The van der Waals surface area contributed by atoms with E-state index < -0.39 is 18.6 Å². The van der Waals surface area contributed by atoms with E-state index in [-0.39, 0.29) is 13.1 Å². The summed E-state index contributed by atoms with van der Waals surface area (Å²) in [6.45, 7) is 8.48. The Morgan fingerprint density at radius 2 is 1.78 bits per heavy atom. The SMILES string of the molecule is CC.CC(C)CN1CCN(CC(F)(F)F)C(=O)C1. The highest BCUT2D eigenvalue weighted by atomic mass is 19.4. The average molecular weight is 268 g/mol. The molecule has 1 rings (SSSR count). The number of hydrogen-bond donors (Lipinski definition) is 0. The summed E-state index contributed by atoms with van der Waals surface area (Å²) in [7, 11) is 0. The van der Waals surface area contributed by atoms with Gasteiger partial charge in [-0.05, 0) is 5.92 Å². The molecule has 0 N–H and O–H groups in total. The van der Waals surface area contributed by atoms with Crippen molar-refractivity contribution in [3.63, 3.8) is 0 Å². The highest BCUT2D eigenvalue weighted by molar-refractivity contribution is 5.79. The Kier molecular flexibility index (Phi) is 7.28. The number of hydrogen-bond acceptors (Lipinski definition) is 2. The molecule has 0 bridgehead atoms. The largest absolute Gasteiger partial charge is 0.406 e. The third-order valence-corrected chi connectivity index (χ3v) is 2.39. The van der Waals surface area contributed by atoms with Crippen LogP contribution in [0.5, 0.6) is 0 Å². The summed E-state index contributed by atoms with van der Waals surface area (Å²) in [4.78, 5) is 14.2. The third-order valence-electron chi connectivity index (χ3n) is 2.39. The Bertz CT molecular complexity index is 254. The Morgan fingerprint density at radius 3 is 2.17 bits per heavy atom. The molecular weight excluding hydrogens is 245 g/mol. The lowest BCUT2D eigenvalue weighted by Crippen LogP contribution is -2.53. The molecule has 0 spiro atoms. The molecule has 3 nitrogen and oxygen atoms in total. The Hall–Kier alpha value is -0.780. The lowest BCUT2D eigenvalue weighted by molar-refractivity contribution is -0.165. The molecule has 1 saturated heterocycles. The van der Waals surface area contributed by atoms with Gasteiger partial charge in [0.25, 0.3) is 0 Å². The highest BCUT2D eigenvalue weighted by Gasteiger charge is 2.35. The number of carbonyl (C=O) groups excluding carboxylic acids is 1. The van der Waals surface area contributed by atoms with Crippen molar-refractivity contribution < 1.29 is 18.0 Å². The smallest absolute Gasteiger partial charge is 0.331 e. The van der Waals surface area contributed by atoms with Crippen LogP contribution in [0.4, 0.5) is 13.2 Å². The quantitative estimate of drug-likeness (QED) is 0.784. The van der Waals surface area contributed by atoms with Crippen molar-refractivity contribution in [2.24, 2.45) is 5.92 Å². The number of nitrogens with zero attached hydrogens (tertiary/aromatic N) is 2. The van der Waals surface area contributed by atoms with Crippen molar-refractivity contribution in [2.75, 3.05) is 32.7 Å². The van der Waals surface area contributed by atoms with E-state index in [1.807, 2.05) is 32.6 Å². The van der Waals surface area contributed by atoms with E-state index in [1.165, 1.54) is 0 Å². The Balaban J connectivity index is 0.00000137. The molecule has 6 heteroatoms. The maximum Gasteiger partial charge on any atom is 0.406 e. The number of rotatable bonds is 3. The third kappa shape index (κ3) is 6.83. The van der Waals surface area contributed by atoms with Gasteiger partial charge in [0.2, 0.25) is 5.91 Å². The second kappa shape index (κ2) is 7.61. The first-order valence-electron chi connectivity index (χ1n) is 6.35. The first kappa shape index (κ1) is 17.2. The minimum atomic E-state index is -4.30. The van der Waals surface area contributed by atoms with Crippen LogP contribution in [0.2, 0.25) is 0 Å².